The Morgan fingerprint density at radius 1 is 1.12 bits per heavy atom. The maximum absolute atomic E-state index is 4.72. The molecule has 0 radical (unpaired) electrons. The number of aryl methyl sites for hydroxylation is 2. The molecule has 4 rings (SSSR count). The molecule has 0 unspecified atom stereocenters. The zero-order chi connectivity index (χ0) is 17.2. The Bertz CT molecular complexity index is 862. The van der Waals surface area contributed by atoms with Gasteiger partial charge < -0.3 is 10.6 Å². The zero-order valence-electron chi connectivity index (χ0n) is 14.8. The summed E-state index contributed by atoms with van der Waals surface area (Å²) in [6, 6.07) is 9.02. The summed E-state index contributed by atoms with van der Waals surface area (Å²) >= 11 is 0. The van der Waals surface area contributed by atoms with Crippen LogP contribution < -0.4 is 10.6 Å². The quantitative estimate of drug-likeness (QED) is 0.744. The summed E-state index contributed by atoms with van der Waals surface area (Å²) in [6.45, 7) is 2.83. The van der Waals surface area contributed by atoms with Crippen LogP contribution in [0.15, 0.2) is 30.5 Å². The Balaban J connectivity index is 1.60. The smallest absolute Gasteiger partial charge is 0.226 e. The molecule has 1 fully saturated rings. The molecule has 6 nitrogen and oxygen atoms in total. The van der Waals surface area contributed by atoms with Crippen LogP contribution in [0.2, 0.25) is 0 Å². The first kappa shape index (κ1) is 15.9. The molecule has 6 heteroatoms. The predicted octanol–water partition coefficient (Wildman–Crippen LogP) is 3.64. The summed E-state index contributed by atoms with van der Waals surface area (Å²) < 4.78 is 1.80. The van der Waals surface area contributed by atoms with E-state index in [2.05, 4.69) is 51.9 Å². The van der Waals surface area contributed by atoms with Gasteiger partial charge >= 0.3 is 0 Å². The van der Waals surface area contributed by atoms with Crippen LogP contribution in [0.5, 0.6) is 0 Å². The highest BCUT2D eigenvalue weighted by atomic mass is 15.3. The van der Waals surface area contributed by atoms with Crippen molar-refractivity contribution in [3.8, 4) is 0 Å². The maximum Gasteiger partial charge on any atom is 0.226 e. The molecule has 0 spiro atoms. The summed E-state index contributed by atoms with van der Waals surface area (Å²) in [7, 11) is 1.92. The van der Waals surface area contributed by atoms with Gasteiger partial charge in [0.25, 0.3) is 0 Å². The van der Waals surface area contributed by atoms with Gasteiger partial charge in [0.2, 0.25) is 5.95 Å². The number of rotatable bonds is 5. The van der Waals surface area contributed by atoms with Crippen LogP contribution in [0.3, 0.4) is 0 Å². The molecule has 0 atom stereocenters. The fourth-order valence-electron chi connectivity index (χ4n) is 3.37. The van der Waals surface area contributed by atoms with Crippen LogP contribution in [0, 0.1) is 6.92 Å². The predicted molar refractivity (Wildman–Crippen MR) is 101 cm³/mol. The minimum Gasteiger partial charge on any atom is -0.365 e. The Morgan fingerprint density at radius 3 is 2.64 bits per heavy atom. The van der Waals surface area contributed by atoms with Crippen molar-refractivity contribution in [3.05, 3.63) is 41.6 Å². The number of benzene rings is 1. The zero-order valence-corrected chi connectivity index (χ0v) is 14.8. The van der Waals surface area contributed by atoms with Gasteiger partial charge in [-0.2, -0.15) is 15.1 Å². The number of hydrogen-bond acceptors (Lipinski definition) is 5. The molecular weight excluding hydrogens is 312 g/mol. The van der Waals surface area contributed by atoms with E-state index in [4.69, 9.17) is 4.98 Å². The second-order valence-electron chi connectivity index (χ2n) is 6.87. The standard InChI is InChI=1S/C19H24N6/c1-13-7-9-14(10-8-13)11-20-17-16-12-21-25(2)18(16)24-19(23-17)22-15-5-3-4-6-15/h7-10,12,15H,3-6,11H2,1-2H3,(H2,20,22,23,24). The molecule has 0 amide bonds. The van der Waals surface area contributed by atoms with Gasteiger partial charge in [-0.15, -0.1) is 0 Å². The van der Waals surface area contributed by atoms with Gasteiger partial charge in [-0.05, 0) is 25.3 Å². The average Bonchev–Trinajstić information content (AvgIpc) is 3.25. The van der Waals surface area contributed by atoms with Crippen LogP contribution in [0.4, 0.5) is 11.8 Å². The summed E-state index contributed by atoms with van der Waals surface area (Å²) in [4.78, 5) is 9.39. The molecule has 0 bridgehead atoms. The lowest BCUT2D eigenvalue weighted by molar-refractivity contribution is 0.741. The molecule has 2 heterocycles. The third-order valence-corrected chi connectivity index (χ3v) is 4.86. The Kier molecular flexibility index (Phi) is 4.26. The highest BCUT2D eigenvalue weighted by Gasteiger charge is 2.18. The van der Waals surface area contributed by atoms with Crippen molar-refractivity contribution < 1.29 is 0 Å². The Labute approximate surface area is 147 Å². The van der Waals surface area contributed by atoms with Gasteiger partial charge in [0.15, 0.2) is 5.65 Å². The molecule has 3 aromatic rings. The van der Waals surface area contributed by atoms with E-state index in [9.17, 15) is 0 Å². The second-order valence-corrected chi connectivity index (χ2v) is 6.87. The van der Waals surface area contributed by atoms with Gasteiger partial charge in [-0.25, -0.2) is 0 Å². The molecule has 25 heavy (non-hydrogen) atoms. The molecule has 1 aliphatic carbocycles. The maximum atomic E-state index is 4.72. The topological polar surface area (TPSA) is 67.7 Å². The molecule has 1 aromatic carbocycles. The monoisotopic (exact) mass is 336 g/mol. The van der Waals surface area contributed by atoms with Crippen LogP contribution >= 0.6 is 0 Å². The number of anilines is 2. The van der Waals surface area contributed by atoms with E-state index in [1.54, 1.807) is 4.68 Å². The van der Waals surface area contributed by atoms with Gasteiger partial charge in [0, 0.05) is 19.6 Å². The highest BCUT2D eigenvalue weighted by molar-refractivity contribution is 5.87. The fraction of sp³-hybridized carbons (Fsp3) is 0.421. The van der Waals surface area contributed by atoms with Crippen molar-refractivity contribution in [2.24, 2.45) is 7.05 Å². The molecule has 2 N–H and O–H groups in total. The SMILES string of the molecule is Cc1ccc(CNc2nc(NC3CCCC3)nc3c2cnn3C)cc1. The number of nitrogens with one attached hydrogen (secondary N) is 2. The fourth-order valence-corrected chi connectivity index (χ4v) is 3.37. The molecule has 1 aliphatic rings. The van der Waals surface area contributed by atoms with Crippen LogP contribution in [-0.4, -0.2) is 25.8 Å². The van der Waals surface area contributed by atoms with E-state index in [0.29, 0.717) is 12.0 Å². The number of fused-ring (bicyclic) bond motifs is 1. The van der Waals surface area contributed by atoms with Gasteiger partial charge in [0.1, 0.15) is 5.82 Å². The van der Waals surface area contributed by atoms with E-state index in [1.807, 2.05) is 13.2 Å². The van der Waals surface area contributed by atoms with Crippen molar-refractivity contribution in [3.63, 3.8) is 0 Å². The average molecular weight is 336 g/mol. The summed E-state index contributed by atoms with van der Waals surface area (Å²) in [5.41, 5.74) is 3.34. The summed E-state index contributed by atoms with van der Waals surface area (Å²) in [5.74, 6) is 1.52. The third-order valence-electron chi connectivity index (χ3n) is 4.86. The lowest BCUT2D eigenvalue weighted by Crippen LogP contribution is -2.17. The molecular formula is C19H24N6. The summed E-state index contributed by atoms with van der Waals surface area (Å²) in [5, 5.41) is 12.2. The Hall–Kier alpha value is -2.63. The molecule has 0 aliphatic heterocycles. The van der Waals surface area contributed by atoms with Gasteiger partial charge in [0.05, 0.1) is 11.6 Å². The number of hydrogen-bond donors (Lipinski definition) is 2. The third kappa shape index (κ3) is 3.43. The number of nitrogens with zero attached hydrogens (tertiary/aromatic N) is 4. The molecule has 2 aromatic heterocycles. The first-order chi connectivity index (χ1) is 12.2. The van der Waals surface area contributed by atoms with E-state index in [-0.39, 0.29) is 0 Å². The van der Waals surface area contributed by atoms with Gasteiger partial charge in [-0.1, -0.05) is 42.7 Å². The largest absolute Gasteiger partial charge is 0.365 e. The van der Waals surface area contributed by atoms with Crippen molar-refractivity contribution in [2.45, 2.75) is 45.2 Å². The van der Waals surface area contributed by atoms with Gasteiger partial charge in [-0.3, -0.25) is 4.68 Å². The minimum atomic E-state index is 0.482. The lowest BCUT2D eigenvalue weighted by atomic mass is 10.1. The van der Waals surface area contributed by atoms with Crippen molar-refractivity contribution in [1.29, 1.82) is 0 Å². The lowest BCUT2D eigenvalue weighted by Gasteiger charge is -2.14. The van der Waals surface area contributed by atoms with E-state index in [0.717, 1.165) is 23.4 Å². The van der Waals surface area contributed by atoms with Crippen molar-refractivity contribution >= 4 is 22.8 Å². The minimum absolute atomic E-state index is 0.482. The second kappa shape index (κ2) is 6.70. The van der Waals surface area contributed by atoms with Crippen LogP contribution in [0.25, 0.3) is 11.0 Å². The Morgan fingerprint density at radius 2 is 1.88 bits per heavy atom. The van der Waals surface area contributed by atoms with Crippen molar-refractivity contribution in [2.75, 3.05) is 10.6 Å². The van der Waals surface area contributed by atoms with Crippen molar-refractivity contribution in [1.82, 2.24) is 19.7 Å². The van der Waals surface area contributed by atoms with E-state index in [1.165, 1.54) is 36.8 Å². The first-order valence-corrected chi connectivity index (χ1v) is 8.95. The normalized spacial score (nSPS) is 15.0. The molecule has 1 saturated carbocycles. The van der Waals surface area contributed by atoms with E-state index < -0.39 is 0 Å². The summed E-state index contributed by atoms with van der Waals surface area (Å²) in [6.07, 6.45) is 6.78. The van der Waals surface area contributed by atoms with E-state index >= 15 is 0 Å². The first-order valence-electron chi connectivity index (χ1n) is 8.95. The molecule has 0 saturated heterocycles. The highest BCUT2D eigenvalue weighted by Crippen LogP contribution is 2.25. The molecule has 130 valence electrons. The van der Waals surface area contributed by atoms with Crippen LogP contribution in [-0.2, 0) is 13.6 Å². The number of aromatic nitrogens is 4. The van der Waals surface area contributed by atoms with Crippen LogP contribution in [0.1, 0.15) is 36.8 Å².